The highest BCUT2D eigenvalue weighted by atomic mass is 32.2. The van der Waals surface area contributed by atoms with Gasteiger partial charge in [-0.3, -0.25) is 17.6 Å². The van der Waals surface area contributed by atoms with E-state index < -0.39 is 104 Å². The van der Waals surface area contributed by atoms with Crippen molar-refractivity contribution in [1.29, 1.82) is 0 Å². The van der Waals surface area contributed by atoms with Gasteiger partial charge in [-0.25, -0.2) is 29.8 Å². The molecule has 4 unspecified atom stereocenters. The zero-order valence-corrected chi connectivity index (χ0v) is 62.8. The normalized spacial score (nSPS) is 25.9. The molecule has 4 atom stereocenters. The molecule has 14 heterocycles. The first-order valence-electron chi connectivity index (χ1n) is 30.6. The van der Waals surface area contributed by atoms with E-state index in [4.69, 9.17) is 13.7 Å². The summed E-state index contributed by atoms with van der Waals surface area (Å²) < 4.78 is 225. The van der Waals surface area contributed by atoms with Gasteiger partial charge in [0.25, 0.3) is 30.6 Å². The van der Waals surface area contributed by atoms with E-state index in [1.807, 2.05) is 0 Å². The molecule has 0 aromatic carbocycles. The van der Waals surface area contributed by atoms with Gasteiger partial charge in [0.2, 0.25) is 0 Å². The second kappa shape index (κ2) is 34.0. The first-order valence-corrected chi connectivity index (χ1v) is 47.7. The molecule has 0 bridgehead atoms. The lowest BCUT2D eigenvalue weighted by Gasteiger charge is -2.38. The molecule has 0 aliphatic carbocycles. The SMILES string of the molecule is C=P1(C)OCN(S(=O)(=O)N2COP(C)(=O)O2)O1.C=S1C=CN(S(=O)(=O)N2C=CS(=O)C2)C1.O=S(=O)(N1CCC1)N1CCC1.O=S(=O)(N1CCCC1)N1CCCC1.O=S(=O)(N1CCCCC1)N1CCCCC1.O=S(=O)(n1cccc1)n1cccc1.O=S(=O)(n1cccc1)n1ccnc1. The second-order valence-corrected chi connectivity index (χ2v) is 42.8. The Kier molecular flexibility index (Phi) is 27.7. The van der Waals surface area contributed by atoms with Crippen molar-refractivity contribution in [2.24, 2.45) is 0 Å². The van der Waals surface area contributed by atoms with Crippen LogP contribution in [0.15, 0.2) is 116 Å². The Balaban J connectivity index is 0.000000145. The van der Waals surface area contributed by atoms with E-state index in [0.717, 1.165) is 163 Å². The minimum Gasteiger partial charge on any atom is -0.317 e. The Morgan fingerprint density at radius 1 is 0.402 bits per heavy atom. The predicted molar refractivity (Wildman–Crippen MR) is 370 cm³/mol. The fourth-order valence-corrected chi connectivity index (χ4v) is 25.2. The van der Waals surface area contributed by atoms with Crippen molar-refractivity contribution in [1.82, 2.24) is 64.3 Å². The van der Waals surface area contributed by atoms with Crippen LogP contribution in [0.1, 0.15) is 77.0 Å². The number of rotatable bonds is 14. The first kappa shape index (κ1) is 78.9. The smallest absolute Gasteiger partial charge is 0.317 e. The Hall–Kier alpha value is -3.80. The number of nitrogens with zero attached hydrogens (tertiary/aromatic N) is 15. The van der Waals surface area contributed by atoms with Crippen LogP contribution >= 0.6 is 25.4 Å². The van der Waals surface area contributed by atoms with Crippen molar-refractivity contribution in [3.63, 3.8) is 0 Å². The van der Waals surface area contributed by atoms with Crippen LogP contribution < -0.4 is 0 Å². The van der Waals surface area contributed by atoms with Gasteiger partial charge in [-0.1, -0.05) is 25.0 Å². The van der Waals surface area contributed by atoms with E-state index >= 15 is 0 Å². The highest BCUT2D eigenvalue weighted by molar-refractivity contribution is 8.17. The van der Waals surface area contributed by atoms with Crippen LogP contribution in [-0.2, 0) is 105 Å². The van der Waals surface area contributed by atoms with Crippen molar-refractivity contribution in [2.75, 3.05) is 117 Å². The van der Waals surface area contributed by atoms with Crippen LogP contribution in [-0.4, -0.2) is 257 Å². The number of hydrogen-bond acceptors (Lipinski definition) is 21. The Morgan fingerprint density at radius 3 is 1.03 bits per heavy atom. The Morgan fingerprint density at radius 2 is 0.742 bits per heavy atom. The summed E-state index contributed by atoms with van der Waals surface area (Å²) in [5.74, 6) is 4.17. The average Bonchev–Trinajstić information content (AvgIpc) is 1.76. The molecule has 0 N–H and O–H groups in total. The van der Waals surface area contributed by atoms with Crippen LogP contribution in [0, 0.1) is 0 Å². The molecular weight excluding hydrogens is 1490 g/mol. The van der Waals surface area contributed by atoms with Crippen LogP contribution in [0.4, 0.5) is 0 Å². The van der Waals surface area contributed by atoms with Gasteiger partial charge in [-0.2, -0.15) is 89.4 Å². The molecule has 4 aromatic heterocycles. The first-order chi connectivity index (χ1) is 45.7. The third-order valence-electron chi connectivity index (χ3n) is 15.4. The summed E-state index contributed by atoms with van der Waals surface area (Å²) in [7, 11) is -31.0. The second-order valence-electron chi connectivity index (χ2n) is 22.7. The van der Waals surface area contributed by atoms with Crippen molar-refractivity contribution in [3.05, 3.63) is 116 Å². The van der Waals surface area contributed by atoms with E-state index in [0.29, 0.717) is 14.8 Å². The molecule has 0 saturated carbocycles. The maximum atomic E-state index is 12.2. The summed E-state index contributed by atoms with van der Waals surface area (Å²) in [4.78, 5) is 3.67. The van der Waals surface area contributed by atoms with Gasteiger partial charge in [-0.15, -0.1) is 10.5 Å². The van der Waals surface area contributed by atoms with Gasteiger partial charge in [-0.05, 0) is 115 Å². The molecule has 46 heteroatoms. The minimum atomic E-state index is -4.09. The average molecular weight is 1580 g/mol. The number of piperidine rings is 2. The van der Waals surface area contributed by atoms with Gasteiger partial charge < -0.3 is 4.52 Å². The molecule has 0 amide bonds. The lowest BCUT2D eigenvalue weighted by atomic mass is 10.2. The van der Waals surface area contributed by atoms with E-state index in [-0.39, 0.29) is 23.1 Å². The third-order valence-corrected chi connectivity index (χ3v) is 32.6. The molecule has 4 aromatic rings. The predicted octanol–water partition coefficient (Wildman–Crippen LogP) is 3.10. The fraction of sp³-hybridized carbons (Fsp3) is 0.588. The monoisotopic (exact) mass is 1580 g/mol. The molecule has 8 saturated heterocycles. The van der Waals surface area contributed by atoms with Crippen molar-refractivity contribution in [3.8, 4) is 0 Å². The Bertz CT molecular complexity index is 3940. The van der Waals surface area contributed by atoms with Crippen molar-refractivity contribution < 1.29 is 86.0 Å². The summed E-state index contributed by atoms with van der Waals surface area (Å²) in [6, 6.07) is 9.97. The molecule has 0 radical (unpaired) electrons. The van der Waals surface area contributed by atoms with Crippen LogP contribution in [0.25, 0.3) is 0 Å². The van der Waals surface area contributed by atoms with E-state index in [9.17, 15) is 67.7 Å². The van der Waals surface area contributed by atoms with E-state index in [2.05, 4.69) is 21.8 Å². The summed E-state index contributed by atoms with van der Waals surface area (Å²) in [6.45, 7) is 10.6. The van der Waals surface area contributed by atoms with Gasteiger partial charge in [0.1, 0.15) is 33.0 Å². The summed E-state index contributed by atoms with van der Waals surface area (Å²) in [5.41, 5.74) is 0. The molecule has 8 fully saturated rings. The maximum absolute atomic E-state index is 12.2. The van der Waals surface area contributed by atoms with Crippen LogP contribution in [0.2, 0.25) is 0 Å². The van der Waals surface area contributed by atoms with Crippen molar-refractivity contribution in [2.45, 2.75) is 77.0 Å². The lowest BCUT2D eigenvalue weighted by Crippen LogP contribution is -2.54. The fourth-order valence-electron chi connectivity index (χ4n) is 9.84. The van der Waals surface area contributed by atoms with Gasteiger partial charge in [0.15, 0.2) is 0 Å². The molecule has 0 spiro atoms. The zero-order valence-electron chi connectivity index (χ0n) is 53.6. The maximum Gasteiger partial charge on any atom is 0.346 e. The molecule has 10 aliphatic heterocycles. The quantitative estimate of drug-likeness (QED) is 0.129. The number of hydroxylamine groups is 2. The molecule has 35 nitrogen and oxygen atoms in total. The van der Waals surface area contributed by atoms with E-state index in [1.54, 1.807) is 74.3 Å². The lowest BCUT2D eigenvalue weighted by molar-refractivity contribution is -0.000736. The van der Waals surface area contributed by atoms with Gasteiger partial charge >= 0.3 is 48.4 Å². The highest BCUT2D eigenvalue weighted by Crippen LogP contribution is 2.54. The van der Waals surface area contributed by atoms with E-state index in [1.165, 1.54) is 97.5 Å². The summed E-state index contributed by atoms with van der Waals surface area (Å²) in [5, 5.41) is 3.13. The van der Waals surface area contributed by atoms with Crippen LogP contribution in [0.3, 0.4) is 0 Å². The third kappa shape index (κ3) is 20.7. The van der Waals surface area contributed by atoms with Gasteiger partial charge in [0, 0.05) is 159 Å². The Labute approximate surface area is 575 Å². The van der Waals surface area contributed by atoms with Crippen molar-refractivity contribution >= 4 is 120 Å². The number of hydrogen-bond donors (Lipinski definition) is 0. The molecule has 548 valence electrons. The summed E-state index contributed by atoms with van der Waals surface area (Å²) >= 11 is 0. The molecular formula is C51H85N15O20P2S9. The van der Waals surface area contributed by atoms with Crippen LogP contribution in [0.5, 0.6) is 0 Å². The standard InChI is InChI=1S/C10H20N2O2S.C8H16N2O2S.C8H8N2O2S.C7H7N3O2S.C7H10N2O3S3.C6H12N2O2S.C5H12N2O7P2S/c13-15(14,11-7-3-1-4-8-11)12-9-5-2-6-10-12;2*11-13(12,9-5-1-2-6-9)10-7-3-4-8-10;11-13(12,9-4-1-2-5-9)10-6-3-8-7-10;1-13-4-2-8(6-13)15(11,12)9-3-5-14(10)7-9;9-11(10,7-3-1-4-7)8-5-2-6-8;1-15(2)11-4-6(13-15)17(9,10)7-5-12-16(3,8)14-7/h1-10H2;1-8H2;1-8H;1-7H;2-5H,1,6-7H2;1-6H2;1,4-5H2,2-3H3. The molecule has 97 heavy (non-hydrogen) atoms. The highest BCUT2D eigenvalue weighted by Gasteiger charge is 2.46. The minimum absolute atomic E-state index is 0.0115. The topological polar surface area (TPSA) is 375 Å². The number of imidazole rings is 1. The molecule has 14 rings (SSSR count). The van der Waals surface area contributed by atoms with Gasteiger partial charge in [0.05, 0.1) is 16.7 Å². The largest absolute Gasteiger partial charge is 0.346 e. The summed E-state index contributed by atoms with van der Waals surface area (Å²) in [6.07, 6.45) is 32.0. The number of aromatic nitrogens is 5. The zero-order chi connectivity index (χ0) is 70.5. The molecule has 10 aliphatic rings.